The van der Waals surface area contributed by atoms with Gasteiger partial charge in [0.1, 0.15) is 6.04 Å². The van der Waals surface area contributed by atoms with Crippen LogP contribution in [0.15, 0.2) is 18.2 Å². The number of nitrogens with zero attached hydrogens (tertiary/aromatic N) is 2. The smallest absolute Gasteiger partial charge is 0.320 e. The number of carboxylic acids is 1. The van der Waals surface area contributed by atoms with Crippen LogP contribution in [0.2, 0.25) is 5.02 Å². The molecule has 1 N–H and O–H groups in total. The number of halogens is 1. The molecule has 0 spiro atoms. The summed E-state index contributed by atoms with van der Waals surface area (Å²) in [5.41, 5.74) is 0.644. The summed E-state index contributed by atoms with van der Waals surface area (Å²) in [5, 5.41) is 20.0. The highest BCUT2D eigenvalue weighted by Crippen LogP contribution is 2.26. The maximum atomic E-state index is 11.1. The number of likely N-dealkylation sites (tertiary alicyclic amines) is 1. The summed E-state index contributed by atoms with van der Waals surface area (Å²) in [6, 6.07) is 3.76. The normalized spacial score (nSPS) is 19.5. The summed E-state index contributed by atoms with van der Waals surface area (Å²) >= 11 is 6.00. The van der Waals surface area contributed by atoms with E-state index in [0.29, 0.717) is 30.1 Å². The van der Waals surface area contributed by atoms with Gasteiger partial charge in [-0.05, 0) is 31.0 Å². The molecule has 1 unspecified atom stereocenters. The number of rotatable bonds is 4. The Bertz CT molecular complexity index is 520. The molecule has 0 bridgehead atoms. The first-order valence-corrected chi connectivity index (χ1v) is 6.26. The number of carboxylic acid groups (broad SMARTS) is 1. The molecule has 1 atom stereocenters. The van der Waals surface area contributed by atoms with E-state index in [9.17, 15) is 14.9 Å². The molecule has 6 nitrogen and oxygen atoms in total. The Morgan fingerprint density at radius 3 is 2.89 bits per heavy atom. The Morgan fingerprint density at radius 2 is 2.32 bits per heavy atom. The van der Waals surface area contributed by atoms with Crippen molar-refractivity contribution >= 4 is 23.3 Å². The fraction of sp³-hybridized carbons (Fsp3) is 0.417. The van der Waals surface area contributed by atoms with Gasteiger partial charge in [-0.3, -0.25) is 19.8 Å². The van der Waals surface area contributed by atoms with Crippen molar-refractivity contribution in [1.29, 1.82) is 0 Å². The summed E-state index contributed by atoms with van der Waals surface area (Å²) in [6.45, 7) is 1.10. The molecule has 1 aromatic rings. The van der Waals surface area contributed by atoms with E-state index in [4.69, 9.17) is 16.7 Å². The molecular weight excluding hydrogens is 272 g/mol. The zero-order chi connectivity index (χ0) is 14.0. The topological polar surface area (TPSA) is 83.7 Å². The molecule has 19 heavy (non-hydrogen) atoms. The number of hydrogen-bond acceptors (Lipinski definition) is 4. The number of aliphatic carboxylic acids is 1. The second kappa shape index (κ2) is 5.54. The predicted octanol–water partition coefficient (Wildman–Crippen LogP) is 2.30. The first-order valence-electron chi connectivity index (χ1n) is 5.88. The molecule has 0 saturated carbocycles. The minimum Gasteiger partial charge on any atom is -0.480 e. The molecule has 1 aromatic carbocycles. The summed E-state index contributed by atoms with van der Waals surface area (Å²) in [6.07, 6.45) is 1.46. The second-order valence-electron chi connectivity index (χ2n) is 4.50. The molecule has 102 valence electrons. The Labute approximate surface area is 114 Å². The van der Waals surface area contributed by atoms with E-state index in [0.717, 1.165) is 6.42 Å². The SMILES string of the molecule is O=C(O)C1CCCN1Cc1ccc([N+](=O)[O-])cc1Cl. The second-order valence-corrected chi connectivity index (χ2v) is 4.91. The van der Waals surface area contributed by atoms with E-state index >= 15 is 0 Å². The van der Waals surface area contributed by atoms with E-state index in [1.807, 2.05) is 4.90 Å². The van der Waals surface area contributed by atoms with Crippen LogP contribution < -0.4 is 0 Å². The van der Waals surface area contributed by atoms with Crippen molar-refractivity contribution in [1.82, 2.24) is 4.90 Å². The maximum Gasteiger partial charge on any atom is 0.320 e. The van der Waals surface area contributed by atoms with Crippen molar-refractivity contribution in [2.45, 2.75) is 25.4 Å². The summed E-state index contributed by atoms with van der Waals surface area (Å²) in [7, 11) is 0. The molecule has 7 heteroatoms. The van der Waals surface area contributed by atoms with Crippen LogP contribution in [0.5, 0.6) is 0 Å². The van der Waals surface area contributed by atoms with Gasteiger partial charge in [0.2, 0.25) is 0 Å². The molecule has 0 aromatic heterocycles. The fourth-order valence-electron chi connectivity index (χ4n) is 2.29. The van der Waals surface area contributed by atoms with Gasteiger partial charge in [0.15, 0.2) is 0 Å². The largest absolute Gasteiger partial charge is 0.480 e. The molecule has 1 aliphatic heterocycles. The fourth-order valence-corrected chi connectivity index (χ4v) is 2.53. The molecular formula is C12H13ClN2O4. The lowest BCUT2D eigenvalue weighted by atomic mass is 10.1. The monoisotopic (exact) mass is 284 g/mol. The zero-order valence-electron chi connectivity index (χ0n) is 10.1. The number of benzene rings is 1. The first kappa shape index (κ1) is 13.8. The van der Waals surface area contributed by atoms with Gasteiger partial charge >= 0.3 is 5.97 Å². The number of nitro benzene ring substituents is 1. The van der Waals surface area contributed by atoms with E-state index in [1.54, 1.807) is 6.07 Å². The average molecular weight is 285 g/mol. The number of nitro groups is 1. The Hall–Kier alpha value is -1.66. The van der Waals surface area contributed by atoms with Gasteiger partial charge in [0, 0.05) is 18.7 Å². The molecule has 1 heterocycles. The Morgan fingerprint density at radius 1 is 1.58 bits per heavy atom. The molecule has 1 saturated heterocycles. The highest BCUT2D eigenvalue weighted by molar-refractivity contribution is 6.31. The quantitative estimate of drug-likeness (QED) is 0.677. The van der Waals surface area contributed by atoms with Crippen LogP contribution >= 0.6 is 11.6 Å². The van der Waals surface area contributed by atoms with E-state index in [-0.39, 0.29) is 5.69 Å². The van der Waals surface area contributed by atoms with Gasteiger partial charge in [-0.1, -0.05) is 11.6 Å². The van der Waals surface area contributed by atoms with Crippen molar-refractivity contribution in [3.63, 3.8) is 0 Å². The van der Waals surface area contributed by atoms with Crippen molar-refractivity contribution in [3.8, 4) is 0 Å². The van der Waals surface area contributed by atoms with Crippen molar-refractivity contribution in [3.05, 3.63) is 38.9 Å². The summed E-state index contributed by atoms with van der Waals surface area (Å²) in [5.74, 6) is -0.837. The minimum atomic E-state index is -0.837. The van der Waals surface area contributed by atoms with Gasteiger partial charge in [-0.15, -0.1) is 0 Å². The molecule has 2 rings (SSSR count). The number of carbonyl (C=O) groups is 1. The van der Waals surface area contributed by atoms with Crippen LogP contribution in [0.3, 0.4) is 0 Å². The van der Waals surface area contributed by atoms with Crippen LogP contribution in [0.1, 0.15) is 18.4 Å². The first-order chi connectivity index (χ1) is 8.99. The van der Waals surface area contributed by atoms with Gasteiger partial charge in [-0.25, -0.2) is 0 Å². The van der Waals surface area contributed by atoms with Crippen molar-refractivity contribution in [2.24, 2.45) is 0 Å². The zero-order valence-corrected chi connectivity index (χ0v) is 10.8. The maximum absolute atomic E-state index is 11.1. The van der Waals surface area contributed by atoms with Crippen LogP contribution in [-0.2, 0) is 11.3 Å². The van der Waals surface area contributed by atoms with E-state index < -0.39 is 16.9 Å². The molecule has 1 fully saturated rings. The predicted molar refractivity (Wildman–Crippen MR) is 69.2 cm³/mol. The lowest BCUT2D eigenvalue weighted by Gasteiger charge is -2.21. The Balaban J connectivity index is 2.15. The highest BCUT2D eigenvalue weighted by atomic mass is 35.5. The summed E-state index contributed by atoms with van der Waals surface area (Å²) in [4.78, 5) is 23.0. The van der Waals surface area contributed by atoms with Crippen LogP contribution in [0.4, 0.5) is 5.69 Å². The highest BCUT2D eigenvalue weighted by Gasteiger charge is 2.30. The molecule has 0 aliphatic carbocycles. The van der Waals surface area contributed by atoms with Gasteiger partial charge in [-0.2, -0.15) is 0 Å². The van der Waals surface area contributed by atoms with E-state index in [1.165, 1.54) is 12.1 Å². The molecule has 0 amide bonds. The lowest BCUT2D eigenvalue weighted by molar-refractivity contribution is -0.384. The minimum absolute atomic E-state index is 0.0649. The standard InChI is InChI=1S/C12H13ClN2O4/c13-10-6-9(15(18)19)4-3-8(10)7-14-5-1-2-11(14)12(16)17/h3-4,6,11H,1-2,5,7H2,(H,16,17). The lowest BCUT2D eigenvalue weighted by Crippen LogP contribution is -2.35. The van der Waals surface area contributed by atoms with Crippen LogP contribution in [0, 0.1) is 10.1 Å². The van der Waals surface area contributed by atoms with Crippen LogP contribution in [-0.4, -0.2) is 33.5 Å². The van der Waals surface area contributed by atoms with Crippen LogP contribution in [0.25, 0.3) is 0 Å². The van der Waals surface area contributed by atoms with E-state index in [2.05, 4.69) is 0 Å². The number of hydrogen-bond donors (Lipinski definition) is 1. The average Bonchev–Trinajstić information content (AvgIpc) is 2.79. The third kappa shape index (κ3) is 3.02. The molecule has 0 radical (unpaired) electrons. The van der Waals surface area contributed by atoms with Crippen molar-refractivity contribution in [2.75, 3.05) is 6.54 Å². The Kier molecular flexibility index (Phi) is 4.01. The summed E-state index contributed by atoms with van der Waals surface area (Å²) < 4.78 is 0. The van der Waals surface area contributed by atoms with Gasteiger partial charge in [0.25, 0.3) is 5.69 Å². The third-order valence-electron chi connectivity index (χ3n) is 3.27. The van der Waals surface area contributed by atoms with Gasteiger partial charge in [0.05, 0.1) is 9.95 Å². The third-order valence-corrected chi connectivity index (χ3v) is 3.62. The van der Waals surface area contributed by atoms with Crippen molar-refractivity contribution < 1.29 is 14.8 Å². The number of non-ortho nitro benzene ring substituents is 1. The molecule has 1 aliphatic rings. The van der Waals surface area contributed by atoms with Gasteiger partial charge < -0.3 is 5.11 Å².